The Bertz CT molecular complexity index is 662. The molecule has 0 bridgehead atoms. The standard InChI is InChI=1S/C19H24N3O/c1-21(17-8-4-2-5-9-17)12-14-22(15-13-21,16-19(20)23)18-10-6-3-7-11-18/h2-11H,12-16H2,1H3,(H-,20,23)/q+1/p+1. The number of primary amides is 1. The van der Waals surface area contributed by atoms with Crippen LogP contribution >= 0.6 is 0 Å². The molecule has 3 rings (SSSR count). The van der Waals surface area contributed by atoms with Crippen LogP contribution < -0.4 is 14.7 Å². The Morgan fingerprint density at radius 3 is 1.83 bits per heavy atom. The molecule has 4 heteroatoms. The van der Waals surface area contributed by atoms with E-state index in [1.807, 2.05) is 18.2 Å². The normalized spacial score (nSPS) is 27.5. The van der Waals surface area contributed by atoms with Gasteiger partial charge in [-0.25, -0.2) is 0 Å². The molecule has 0 spiro atoms. The van der Waals surface area contributed by atoms with Crippen LogP contribution in [0, 0.1) is 0 Å². The number of quaternary nitrogens is 2. The highest BCUT2D eigenvalue weighted by atomic mass is 16.1. The van der Waals surface area contributed by atoms with E-state index in [1.165, 1.54) is 11.4 Å². The van der Waals surface area contributed by atoms with Gasteiger partial charge in [-0.1, -0.05) is 36.4 Å². The highest BCUT2D eigenvalue weighted by Crippen LogP contribution is 2.30. The van der Waals surface area contributed by atoms with Gasteiger partial charge < -0.3 is 5.73 Å². The van der Waals surface area contributed by atoms with Gasteiger partial charge in [0.2, 0.25) is 0 Å². The highest BCUT2D eigenvalue weighted by molar-refractivity contribution is 5.78. The summed E-state index contributed by atoms with van der Waals surface area (Å²) in [5.41, 5.74) is 8.08. The third kappa shape index (κ3) is 3.14. The van der Waals surface area contributed by atoms with E-state index in [9.17, 15) is 4.79 Å². The molecule has 0 radical (unpaired) electrons. The molecule has 0 unspecified atom stereocenters. The fourth-order valence-electron chi connectivity index (χ4n) is 3.64. The molecular formula is C19H25N3O+2. The summed E-state index contributed by atoms with van der Waals surface area (Å²) in [5, 5.41) is 0. The Balaban J connectivity index is 1.87. The average molecular weight is 311 g/mol. The maximum atomic E-state index is 11.7. The number of nitrogens with two attached hydrogens (primary N) is 1. The van der Waals surface area contributed by atoms with Crippen molar-refractivity contribution in [2.24, 2.45) is 5.73 Å². The molecular weight excluding hydrogens is 286 g/mol. The Morgan fingerprint density at radius 1 is 0.870 bits per heavy atom. The number of piperazine rings is 1. The average Bonchev–Trinajstić information content (AvgIpc) is 2.58. The number of nitrogens with zero attached hydrogens (tertiary/aromatic N) is 2. The first-order valence-corrected chi connectivity index (χ1v) is 8.14. The topological polar surface area (TPSA) is 43.1 Å². The zero-order valence-electron chi connectivity index (χ0n) is 13.7. The van der Waals surface area contributed by atoms with Crippen molar-refractivity contribution in [2.45, 2.75) is 0 Å². The van der Waals surface area contributed by atoms with Crippen LogP contribution in [0.15, 0.2) is 60.7 Å². The van der Waals surface area contributed by atoms with Gasteiger partial charge in [-0.2, -0.15) is 0 Å². The first-order chi connectivity index (χ1) is 11.0. The minimum Gasteiger partial charge on any atom is -0.365 e. The van der Waals surface area contributed by atoms with Crippen LogP contribution in [0.2, 0.25) is 0 Å². The van der Waals surface area contributed by atoms with E-state index < -0.39 is 0 Å². The van der Waals surface area contributed by atoms with E-state index in [1.54, 1.807) is 0 Å². The number of hydrogen-bond acceptors (Lipinski definition) is 1. The quantitative estimate of drug-likeness (QED) is 0.864. The van der Waals surface area contributed by atoms with Crippen LogP contribution in [0.3, 0.4) is 0 Å². The van der Waals surface area contributed by atoms with Crippen molar-refractivity contribution in [3.05, 3.63) is 60.7 Å². The SMILES string of the molecule is C[N+]1(c2ccccc2)CC[N+](CC(N)=O)(c2ccccc2)CC1. The molecule has 1 saturated heterocycles. The summed E-state index contributed by atoms with van der Waals surface area (Å²) in [7, 11) is 2.28. The summed E-state index contributed by atoms with van der Waals surface area (Å²) < 4.78 is 1.57. The van der Waals surface area contributed by atoms with Gasteiger partial charge in [-0.15, -0.1) is 0 Å². The van der Waals surface area contributed by atoms with E-state index >= 15 is 0 Å². The molecule has 0 atom stereocenters. The van der Waals surface area contributed by atoms with Crippen molar-refractivity contribution in [1.82, 2.24) is 8.97 Å². The fraction of sp³-hybridized carbons (Fsp3) is 0.316. The van der Waals surface area contributed by atoms with E-state index in [2.05, 4.69) is 49.5 Å². The Kier molecular flexibility index (Phi) is 4.20. The molecule has 1 aliphatic heterocycles. The molecule has 4 nitrogen and oxygen atoms in total. The van der Waals surface area contributed by atoms with Gasteiger partial charge in [0.15, 0.2) is 6.54 Å². The van der Waals surface area contributed by atoms with Crippen molar-refractivity contribution in [3.63, 3.8) is 0 Å². The summed E-state index contributed by atoms with van der Waals surface area (Å²) in [5.74, 6) is -0.232. The number of amides is 1. The Hall–Kier alpha value is -2.17. The molecule has 120 valence electrons. The summed E-state index contributed by atoms with van der Waals surface area (Å²) in [6, 6.07) is 20.9. The largest absolute Gasteiger partial charge is 0.365 e. The molecule has 1 fully saturated rings. The molecule has 2 aromatic carbocycles. The minimum atomic E-state index is -0.232. The fourth-order valence-corrected chi connectivity index (χ4v) is 3.64. The molecule has 2 aromatic rings. The lowest BCUT2D eigenvalue weighted by Gasteiger charge is -2.47. The van der Waals surface area contributed by atoms with Crippen molar-refractivity contribution in [1.29, 1.82) is 0 Å². The number of hydrogen-bond donors (Lipinski definition) is 1. The molecule has 0 aromatic heterocycles. The summed E-state index contributed by atoms with van der Waals surface area (Å²) >= 11 is 0. The molecule has 1 heterocycles. The number of benzene rings is 2. The molecule has 0 saturated carbocycles. The van der Waals surface area contributed by atoms with Crippen LogP contribution in [-0.2, 0) is 4.79 Å². The first kappa shape index (κ1) is 15.7. The monoisotopic (exact) mass is 311 g/mol. The molecule has 0 aliphatic carbocycles. The number of carbonyl (C=O) groups is 1. The highest BCUT2D eigenvalue weighted by Gasteiger charge is 2.43. The van der Waals surface area contributed by atoms with E-state index in [-0.39, 0.29) is 5.91 Å². The zero-order chi connectivity index (χ0) is 16.3. The maximum Gasteiger partial charge on any atom is 0.273 e. The van der Waals surface area contributed by atoms with Gasteiger partial charge in [-0.3, -0.25) is 13.8 Å². The Labute approximate surface area is 137 Å². The van der Waals surface area contributed by atoms with E-state index in [4.69, 9.17) is 5.73 Å². The molecule has 1 aliphatic rings. The predicted octanol–water partition coefficient (Wildman–Crippen LogP) is 2.13. The summed E-state index contributed by atoms with van der Waals surface area (Å²) in [6.45, 7) is 4.19. The summed E-state index contributed by atoms with van der Waals surface area (Å²) in [6.07, 6.45) is 0. The number of likely N-dealkylation sites (N-methyl/N-ethyl adjacent to an activating group) is 1. The lowest BCUT2D eigenvalue weighted by molar-refractivity contribution is -0.119. The van der Waals surface area contributed by atoms with Gasteiger partial charge >= 0.3 is 0 Å². The van der Waals surface area contributed by atoms with Crippen LogP contribution in [0.1, 0.15) is 0 Å². The van der Waals surface area contributed by atoms with Gasteiger partial charge in [-0.05, 0) is 24.3 Å². The van der Waals surface area contributed by atoms with Gasteiger partial charge in [0.25, 0.3) is 5.91 Å². The third-order valence-corrected chi connectivity index (χ3v) is 5.19. The first-order valence-electron chi connectivity index (χ1n) is 8.14. The van der Waals surface area contributed by atoms with Crippen molar-refractivity contribution >= 4 is 17.3 Å². The second kappa shape index (κ2) is 6.14. The smallest absolute Gasteiger partial charge is 0.273 e. The van der Waals surface area contributed by atoms with Gasteiger partial charge in [0.1, 0.15) is 37.6 Å². The number of carbonyl (C=O) groups excluding carboxylic acids is 1. The van der Waals surface area contributed by atoms with Gasteiger partial charge in [0, 0.05) is 0 Å². The van der Waals surface area contributed by atoms with Crippen molar-refractivity contribution in [2.75, 3.05) is 39.8 Å². The third-order valence-electron chi connectivity index (χ3n) is 5.19. The second-order valence-corrected chi connectivity index (χ2v) is 6.73. The van der Waals surface area contributed by atoms with Crippen LogP contribution in [0.4, 0.5) is 11.4 Å². The van der Waals surface area contributed by atoms with Crippen molar-refractivity contribution < 1.29 is 4.79 Å². The van der Waals surface area contributed by atoms with Crippen LogP contribution in [0.25, 0.3) is 0 Å². The lowest BCUT2D eigenvalue weighted by Crippen LogP contribution is -2.68. The predicted molar refractivity (Wildman–Crippen MR) is 95.9 cm³/mol. The summed E-state index contributed by atoms with van der Waals surface area (Å²) in [4.78, 5) is 11.7. The molecule has 2 N–H and O–H groups in total. The molecule has 23 heavy (non-hydrogen) atoms. The minimum absolute atomic E-state index is 0.232. The van der Waals surface area contributed by atoms with E-state index in [0.29, 0.717) is 11.0 Å². The van der Waals surface area contributed by atoms with Gasteiger partial charge in [0.05, 0.1) is 7.05 Å². The van der Waals surface area contributed by atoms with Crippen LogP contribution in [0.5, 0.6) is 0 Å². The Morgan fingerprint density at radius 2 is 1.35 bits per heavy atom. The number of para-hydroxylation sites is 2. The molecule has 1 amide bonds. The number of rotatable bonds is 4. The van der Waals surface area contributed by atoms with Crippen molar-refractivity contribution in [3.8, 4) is 0 Å². The second-order valence-electron chi connectivity index (χ2n) is 6.73. The maximum absolute atomic E-state index is 11.7. The zero-order valence-corrected chi connectivity index (χ0v) is 13.7. The van der Waals surface area contributed by atoms with Crippen LogP contribution in [-0.4, -0.2) is 45.7 Å². The lowest BCUT2D eigenvalue weighted by atomic mass is 10.1. The van der Waals surface area contributed by atoms with E-state index in [0.717, 1.165) is 30.7 Å².